The Hall–Kier alpha value is -2.38. The first-order valence-electron chi connectivity index (χ1n) is 6.19. The Labute approximate surface area is 116 Å². The molecule has 1 N–H and O–H groups in total. The van der Waals surface area contributed by atoms with Crippen molar-refractivity contribution in [1.29, 1.82) is 5.26 Å². The summed E-state index contributed by atoms with van der Waals surface area (Å²) in [4.78, 5) is 0. The van der Waals surface area contributed by atoms with Gasteiger partial charge in [0.1, 0.15) is 18.2 Å². The molecule has 0 spiro atoms. The first kappa shape index (κ1) is 14.0. The minimum atomic E-state index is -0.579. The molecule has 0 saturated heterocycles. The first-order valence-corrected chi connectivity index (χ1v) is 6.19. The standard InChI is InChI=1S/C16H14FNO2/c1-11(19)13-3-2-4-15(8-13)20-10-14-6-5-12(9-18)7-16(14)17/h2-8,11,19H,10H2,1H3. The smallest absolute Gasteiger partial charge is 0.131 e. The second kappa shape index (κ2) is 6.18. The Morgan fingerprint density at radius 2 is 2.10 bits per heavy atom. The molecule has 3 nitrogen and oxygen atoms in total. The number of hydrogen-bond donors (Lipinski definition) is 1. The van der Waals surface area contributed by atoms with Crippen LogP contribution in [0.3, 0.4) is 0 Å². The maximum absolute atomic E-state index is 13.7. The summed E-state index contributed by atoms with van der Waals surface area (Å²) >= 11 is 0. The molecule has 2 aromatic carbocycles. The largest absolute Gasteiger partial charge is 0.489 e. The van der Waals surface area contributed by atoms with Gasteiger partial charge in [0, 0.05) is 5.56 Å². The molecule has 102 valence electrons. The van der Waals surface area contributed by atoms with Gasteiger partial charge >= 0.3 is 0 Å². The molecular weight excluding hydrogens is 257 g/mol. The van der Waals surface area contributed by atoms with Crippen molar-refractivity contribution in [3.8, 4) is 11.8 Å². The van der Waals surface area contributed by atoms with Crippen LogP contribution in [-0.4, -0.2) is 5.11 Å². The molecule has 0 aliphatic rings. The average Bonchev–Trinajstić information content (AvgIpc) is 2.46. The van der Waals surface area contributed by atoms with E-state index in [1.54, 1.807) is 37.3 Å². The van der Waals surface area contributed by atoms with E-state index in [-0.39, 0.29) is 12.2 Å². The molecule has 0 bridgehead atoms. The fourth-order valence-electron chi connectivity index (χ4n) is 1.76. The maximum Gasteiger partial charge on any atom is 0.131 e. The highest BCUT2D eigenvalue weighted by Gasteiger charge is 2.06. The summed E-state index contributed by atoms with van der Waals surface area (Å²) in [5, 5.41) is 18.2. The molecular formula is C16H14FNO2. The van der Waals surface area contributed by atoms with Crippen LogP contribution in [0.1, 0.15) is 29.7 Å². The highest BCUT2D eigenvalue weighted by molar-refractivity contribution is 5.33. The lowest BCUT2D eigenvalue weighted by Crippen LogP contribution is -2.00. The highest BCUT2D eigenvalue weighted by atomic mass is 19.1. The Balaban J connectivity index is 2.09. The van der Waals surface area contributed by atoms with Crippen molar-refractivity contribution in [3.63, 3.8) is 0 Å². The summed E-state index contributed by atoms with van der Waals surface area (Å²) in [6, 6.07) is 13.2. The van der Waals surface area contributed by atoms with Gasteiger partial charge in [0.2, 0.25) is 0 Å². The predicted octanol–water partition coefficient (Wildman–Crippen LogP) is 3.33. The van der Waals surface area contributed by atoms with Crippen LogP contribution in [0.2, 0.25) is 0 Å². The summed E-state index contributed by atoms with van der Waals surface area (Å²) < 4.78 is 19.2. The van der Waals surface area contributed by atoms with Crippen LogP contribution in [0.4, 0.5) is 4.39 Å². The van der Waals surface area contributed by atoms with Crippen molar-refractivity contribution >= 4 is 0 Å². The van der Waals surface area contributed by atoms with E-state index >= 15 is 0 Å². The van der Waals surface area contributed by atoms with Crippen molar-refractivity contribution in [2.75, 3.05) is 0 Å². The minimum absolute atomic E-state index is 0.0702. The van der Waals surface area contributed by atoms with Gasteiger partial charge in [0.25, 0.3) is 0 Å². The number of benzene rings is 2. The van der Waals surface area contributed by atoms with Crippen LogP contribution in [-0.2, 0) is 6.61 Å². The molecule has 2 rings (SSSR count). The summed E-state index contributed by atoms with van der Waals surface area (Å²) in [6.45, 7) is 1.74. The third-order valence-corrected chi connectivity index (χ3v) is 2.92. The van der Waals surface area contributed by atoms with E-state index in [2.05, 4.69) is 0 Å². The molecule has 0 fully saturated rings. The van der Waals surface area contributed by atoms with E-state index < -0.39 is 11.9 Å². The maximum atomic E-state index is 13.7. The molecule has 2 aromatic rings. The van der Waals surface area contributed by atoms with Crippen molar-refractivity contribution in [2.45, 2.75) is 19.6 Å². The van der Waals surface area contributed by atoms with E-state index in [0.29, 0.717) is 11.3 Å². The molecule has 0 aromatic heterocycles. The summed E-state index contributed by atoms with van der Waals surface area (Å²) in [5.41, 5.74) is 1.40. The fourth-order valence-corrected chi connectivity index (χ4v) is 1.76. The molecule has 0 aliphatic heterocycles. The van der Waals surface area contributed by atoms with E-state index in [9.17, 15) is 9.50 Å². The van der Waals surface area contributed by atoms with Gasteiger partial charge in [-0.2, -0.15) is 5.26 Å². The quantitative estimate of drug-likeness (QED) is 0.928. The summed E-state index contributed by atoms with van der Waals surface area (Å²) in [6.07, 6.45) is -0.579. The average molecular weight is 271 g/mol. The van der Waals surface area contributed by atoms with Crippen molar-refractivity contribution in [3.05, 3.63) is 65.0 Å². The van der Waals surface area contributed by atoms with Gasteiger partial charge in [0.15, 0.2) is 0 Å². The predicted molar refractivity (Wildman–Crippen MR) is 72.5 cm³/mol. The SMILES string of the molecule is CC(O)c1cccc(OCc2ccc(C#N)cc2F)c1. The summed E-state index contributed by atoms with van der Waals surface area (Å²) in [7, 11) is 0. The number of halogens is 1. The van der Waals surface area contributed by atoms with Gasteiger partial charge in [-0.15, -0.1) is 0 Å². The number of aliphatic hydroxyl groups excluding tert-OH is 1. The zero-order valence-electron chi connectivity index (χ0n) is 11.0. The van der Waals surface area contributed by atoms with E-state index in [1.807, 2.05) is 6.07 Å². The van der Waals surface area contributed by atoms with Crippen molar-refractivity contribution < 1.29 is 14.2 Å². The molecule has 1 atom stereocenters. The molecule has 0 heterocycles. The zero-order chi connectivity index (χ0) is 14.5. The number of hydrogen-bond acceptors (Lipinski definition) is 3. The second-order valence-corrected chi connectivity index (χ2v) is 4.46. The van der Waals surface area contributed by atoms with Crippen LogP contribution in [0.5, 0.6) is 5.75 Å². The monoisotopic (exact) mass is 271 g/mol. The van der Waals surface area contributed by atoms with E-state index in [4.69, 9.17) is 10.00 Å². The molecule has 0 saturated carbocycles. The Kier molecular flexibility index (Phi) is 4.34. The molecule has 1 unspecified atom stereocenters. The van der Waals surface area contributed by atoms with Crippen LogP contribution >= 0.6 is 0 Å². The first-order chi connectivity index (χ1) is 9.60. The molecule has 0 amide bonds. The molecule has 4 heteroatoms. The van der Waals surface area contributed by atoms with Crippen LogP contribution in [0, 0.1) is 17.1 Å². The van der Waals surface area contributed by atoms with Gasteiger partial charge in [-0.05, 0) is 36.8 Å². The minimum Gasteiger partial charge on any atom is -0.489 e. The Morgan fingerprint density at radius 3 is 2.75 bits per heavy atom. The van der Waals surface area contributed by atoms with Crippen LogP contribution in [0.25, 0.3) is 0 Å². The number of rotatable bonds is 4. The van der Waals surface area contributed by atoms with Gasteiger partial charge in [-0.3, -0.25) is 0 Å². The topological polar surface area (TPSA) is 53.2 Å². The number of ether oxygens (including phenoxy) is 1. The van der Waals surface area contributed by atoms with Gasteiger partial charge in [0.05, 0.1) is 17.7 Å². The highest BCUT2D eigenvalue weighted by Crippen LogP contribution is 2.20. The van der Waals surface area contributed by atoms with Gasteiger partial charge < -0.3 is 9.84 Å². The second-order valence-electron chi connectivity index (χ2n) is 4.46. The van der Waals surface area contributed by atoms with Crippen LogP contribution in [0.15, 0.2) is 42.5 Å². The van der Waals surface area contributed by atoms with Crippen LogP contribution < -0.4 is 4.74 Å². The van der Waals surface area contributed by atoms with Gasteiger partial charge in [-0.1, -0.05) is 18.2 Å². The lowest BCUT2D eigenvalue weighted by molar-refractivity contribution is 0.198. The fraction of sp³-hybridized carbons (Fsp3) is 0.188. The lowest BCUT2D eigenvalue weighted by atomic mass is 10.1. The molecule has 0 aliphatic carbocycles. The number of nitrogens with zero attached hydrogens (tertiary/aromatic N) is 1. The molecule has 0 radical (unpaired) electrons. The van der Waals surface area contributed by atoms with E-state index in [1.165, 1.54) is 12.1 Å². The Morgan fingerprint density at radius 1 is 1.30 bits per heavy atom. The van der Waals surface area contributed by atoms with E-state index in [0.717, 1.165) is 5.56 Å². The molecule has 20 heavy (non-hydrogen) atoms. The third kappa shape index (κ3) is 3.34. The third-order valence-electron chi connectivity index (χ3n) is 2.92. The lowest BCUT2D eigenvalue weighted by Gasteiger charge is -2.10. The van der Waals surface area contributed by atoms with Gasteiger partial charge in [-0.25, -0.2) is 4.39 Å². The van der Waals surface area contributed by atoms with Crippen molar-refractivity contribution in [1.82, 2.24) is 0 Å². The number of aliphatic hydroxyl groups is 1. The summed E-state index contributed by atoms with van der Waals surface area (Å²) in [5.74, 6) is 0.0999. The van der Waals surface area contributed by atoms with Crippen molar-refractivity contribution in [2.24, 2.45) is 0 Å². The number of nitriles is 1. The zero-order valence-corrected chi connectivity index (χ0v) is 11.0. The normalized spacial score (nSPS) is 11.7. The Bertz CT molecular complexity index is 647.